The van der Waals surface area contributed by atoms with Gasteiger partial charge in [-0.05, 0) is 18.2 Å². The molecule has 3 heterocycles. The lowest BCUT2D eigenvalue weighted by atomic mass is 9.84. The van der Waals surface area contributed by atoms with E-state index < -0.39 is 17.5 Å². The van der Waals surface area contributed by atoms with E-state index >= 15 is 0 Å². The molecule has 26 heavy (non-hydrogen) atoms. The van der Waals surface area contributed by atoms with Crippen LogP contribution in [0.2, 0.25) is 0 Å². The van der Waals surface area contributed by atoms with Crippen LogP contribution >= 0.6 is 0 Å². The maximum Gasteiger partial charge on any atom is 0.373 e. The maximum atomic E-state index is 13.1. The molecule has 3 amide bonds. The maximum absolute atomic E-state index is 13.1. The largest absolute Gasteiger partial charge is 0.493 e. The highest BCUT2D eigenvalue weighted by Gasteiger charge is 2.54. The zero-order chi connectivity index (χ0) is 18.3. The Morgan fingerprint density at radius 1 is 1.27 bits per heavy atom. The minimum absolute atomic E-state index is 0.0145. The number of benzene rings is 1. The highest BCUT2D eigenvalue weighted by Crippen LogP contribution is 2.41. The fourth-order valence-corrected chi connectivity index (χ4v) is 3.34. The second-order valence-electron chi connectivity index (χ2n) is 6.08. The van der Waals surface area contributed by atoms with Gasteiger partial charge in [0.15, 0.2) is 5.54 Å². The average molecular weight is 356 g/mol. The van der Waals surface area contributed by atoms with Crippen molar-refractivity contribution in [3.8, 4) is 5.75 Å². The topological polar surface area (TPSA) is 98.1 Å². The summed E-state index contributed by atoms with van der Waals surface area (Å²) in [5.74, 6) is -0.0789. The van der Waals surface area contributed by atoms with Crippen molar-refractivity contribution in [3.63, 3.8) is 0 Å². The fraction of sp³-hybridized carbons (Fsp3) is 0.278. The van der Waals surface area contributed by atoms with Crippen LogP contribution in [0.25, 0.3) is 0 Å². The van der Waals surface area contributed by atoms with Crippen molar-refractivity contribution in [2.24, 2.45) is 0 Å². The van der Waals surface area contributed by atoms with E-state index in [-0.39, 0.29) is 18.2 Å². The molecule has 8 nitrogen and oxygen atoms in total. The fourth-order valence-electron chi connectivity index (χ4n) is 3.34. The van der Waals surface area contributed by atoms with E-state index in [1.165, 1.54) is 19.2 Å². The van der Waals surface area contributed by atoms with Crippen LogP contribution in [0.1, 0.15) is 28.3 Å². The van der Waals surface area contributed by atoms with E-state index in [4.69, 9.17) is 9.15 Å². The van der Waals surface area contributed by atoms with Crippen LogP contribution < -0.4 is 10.1 Å². The first-order chi connectivity index (χ1) is 12.5. The number of para-hydroxylation sites is 1. The number of nitrogens with one attached hydrogen (secondary N) is 1. The van der Waals surface area contributed by atoms with Crippen molar-refractivity contribution < 1.29 is 28.3 Å². The summed E-state index contributed by atoms with van der Waals surface area (Å²) in [5, 5.41) is 2.81. The Morgan fingerprint density at radius 3 is 2.88 bits per heavy atom. The Balaban J connectivity index is 1.63. The van der Waals surface area contributed by atoms with Gasteiger partial charge in [-0.3, -0.25) is 9.69 Å². The predicted octanol–water partition coefficient (Wildman–Crippen LogP) is 1.80. The number of nitrogens with zero attached hydrogens (tertiary/aromatic N) is 1. The molecule has 0 radical (unpaired) electrons. The number of carbonyl (C=O) groups is 3. The van der Waals surface area contributed by atoms with Crippen molar-refractivity contribution in [2.45, 2.75) is 18.5 Å². The van der Waals surface area contributed by atoms with Crippen molar-refractivity contribution in [1.82, 2.24) is 10.2 Å². The first-order valence-corrected chi connectivity index (χ1v) is 8.08. The van der Waals surface area contributed by atoms with Gasteiger partial charge in [0.2, 0.25) is 5.76 Å². The normalized spacial score (nSPS) is 21.3. The number of esters is 1. The molecule has 1 fully saturated rings. The van der Waals surface area contributed by atoms with Crippen molar-refractivity contribution >= 4 is 17.9 Å². The standard InChI is InChI=1S/C18H16N2O6/c1-24-15(21)14-7-6-11(26-14)10-20-16(22)18(19-17(20)23)8-9-25-13-5-3-2-4-12(13)18/h2-7H,8-10H2,1H3,(H,19,23)/t18-/m1/s1. The molecule has 1 N–H and O–H groups in total. The van der Waals surface area contributed by atoms with Gasteiger partial charge in [0.1, 0.15) is 11.5 Å². The van der Waals surface area contributed by atoms with E-state index in [1.807, 2.05) is 6.07 Å². The average Bonchev–Trinajstić information content (AvgIpc) is 3.21. The lowest BCUT2D eigenvalue weighted by Crippen LogP contribution is -2.47. The van der Waals surface area contributed by atoms with Crippen molar-refractivity contribution in [2.75, 3.05) is 13.7 Å². The third-order valence-corrected chi connectivity index (χ3v) is 4.62. The zero-order valence-electron chi connectivity index (χ0n) is 14.0. The Labute approximate surface area is 148 Å². The van der Waals surface area contributed by atoms with Crippen LogP contribution in [0.4, 0.5) is 4.79 Å². The molecule has 0 unspecified atom stereocenters. The predicted molar refractivity (Wildman–Crippen MR) is 87.4 cm³/mol. The highest BCUT2D eigenvalue weighted by molar-refractivity contribution is 6.07. The number of methoxy groups -OCH3 is 1. The summed E-state index contributed by atoms with van der Waals surface area (Å²) in [6.07, 6.45) is 0.344. The molecule has 8 heteroatoms. The molecule has 2 aliphatic heterocycles. The number of hydrogen-bond donors (Lipinski definition) is 1. The van der Waals surface area contributed by atoms with E-state index in [1.54, 1.807) is 18.2 Å². The molecule has 2 aromatic rings. The molecule has 1 aromatic heterocycles. The second-order valence-corrected chi connectivity index (χ2v) is 6.08. The van der Waals surface area contributed by atoms with E-state index in [9.17, 15) is 14.4 Å². The summed E-state index contributed by atoms with van der Waals surface area (Å²) in [6, 6.07) is 9.63. The zero-order valence-corrected chi connectivity index (χ0v) is 14.0. The molecule has 0 bridgehead atoms. The monoisotopic (exact) mass is 356 g/mol. The molecule has 1 aromatic carbocycles. The number of urea groups is 1. The molecule has 134 valence electrons. The Hall–Kier alpha value is -3.29. The Morgan fingerprint density at radius 2 is 2.08 bits per heavy atom. The van der Waals surface area contributed by atoms with E-state index in [0.29, 0.717) is 30.1 Å². The molecule has 1 atom stereocenters. The first kappa shape index (κ1) is 16.2. The van der Waals surface area contributed by atoms with Crippen LogP contribution in [0, 0.1) is 0 Å². The molecule has 4 rings (SSSR count). The molecule has 1 saturated heterocycles. The van der Waals surface area contributed by atoms with Crippen LogP contribution in [0.15, 0.2) is 40.8 Å². The van der Waals surface area contributed by atoms with Crippen LogP contribution in [0.3, 0.4) is 0 Å². The van der Waals surface area contributed by atoms with Gasteiger partial charge in [-0.2, -0.15) is 0 Å². The summed E-state index contributed by atoms with van der Waals surface area (Å²) < 4.78 is 15.5. The summed E-state index contributed by atoms with van der Waals surface area (Å²) >= 11 is 0. The third kappa shape index (κ3) is 2.33. The molecular weight excluding hydrogens is 340 g/mol. The number of fused-ring (bicyclic) bond motifs is 2. The SMILES string of the molecule is COC(=O)c1ccc(CN2C(=O)N[C@@]3(CCOc4ccccc43)C2=O)o1. The summed E-state index contributed by atoms with van der Waals surface area (Å²) in [7, 11) is 1.24. The summed E-state index contributed by atoms with van der Waals surface area (Å²) in [4.78, 5) is 38.2. The smallest absolute Gasteiger partial charge is 0.373 e. The van der Waals surface area contributed by atoms with Gasteiger partial charge in [0, 0.05) is 12.0 Å². The lowest BCUT2D eigenvalue weighted by molar-refractivity contribution is -0.133. The van der Waals surface area contributed by atoms with Crippen molar-refractivity contribution in [3.05, 3.63) is 53.5 Å². The van der Waals surface area contributed by atoms with Gasteiger partial charge in [-0.15, -0.1) is 0 Å². The van der Waals surface area contributed by atoms with Gasteiger partial charge in [0.25, 0.3) is 5.91 Å². The van der Waals surface area contributed by atoms with Crippen LogP contribution in [0.5, 0.6) is 5.75 Å². The Bertz CT molecular complexity index is 905. The molecule has 1 spiro atoms. The van der Waals surface area contributed by atoms with Crippen LogP contribution in [-0.2, 0) is 21.6 Å². The van der Waals surface area contributed by atoms with Crippen molar-refractivity contribution in [1.29, 1.82) is 0 Å². The van der Waals surface area contributed by atoms with Gasteiger partial charge >= 0.3 is 12.0 Å². The van der Waals surface area contributed by atoms with Gasteiger partial charge in [-0.1, -0.05) is 18.2 Å². The molecular formula is C18H16N2O6. The molecule has 0 saturated carbocycles. The van der Waals surface area contributed by atoms with Crippen LogP contribution in [-0.4, -0.2) is 36.5 Å². The number of furan rings is 1. The highest BCUT2D eigenvalue weighted by atomic mass is 16.5. The van der Waals surface area contributed by atoms with Gasteiger partial charge < -0.3 is 19.2 Å². The minimum Gasteiger partial charge on any atom is -0.493 e. The second kappa shape index (κ2) is 5.91. The number of imide groups is 1. The lowest BCUT2D eigenvalue weighted by Gasteiger charge is -2.33. The van der Waals surface area contributed by atoms with Gasteiger partial charge in [-0.25, -0.2) is 9.59 Å². The number of amides is 3. The molecule has 0 aliphatic carbocycles. The number of hydrogen-bond acceptors (Lipinski definition) is 6. The van der Waals surface area contributed by atoms with Gasteiger partial charge in [0.05, 0.1) is 20.3 Å². The molecule has 2 aliphatic rings. The summed E-state index contributed by atoms with van der Waals surface area (Å²) in [5.41, 5.74) is -0.495. The number of rotatable bonds is 3. The summed E-state index contributed by atoms with van der Waals surface area (Å²) in [6.45, 7) is 0.247. The minimum atomic E-state index is -1.14. The van der Waals surface area contributed by atoms with E-state index in [2.05, 4.69) is 10.1 Å². The van der Waals surface area contributed by atoms with E-state index in [0.717, 1.165) is 4.90 Å². The number of ether oxygens (including phenoxy) is 2. The number of carbonyl (C=O) groups excluding carboxylic acids is 3. The quantitative estimate of drug-likeness (QED) is 0.665. The first-order valence-electron chi connectivity index (χ1n) is 8.08. The Kier molecular flexibility index (Phi) is 3.68. The third-order valence-electron chi connectivity index (χ3n) is 4.62.